The lowest BCUT2D eigenvalue weighted by Gasteiger charge is -2.29. The van der Waals surface area contributed by atoms with Crippen molar-refractivity contribution in [2.45, 2.75) is 57.0 Å². The summed E-state index contributed by atoms with van der Waals surface area (Å²) in [6, 6.07) is 0.444. The summed E-state index contributed by atoms with van der Waals surface area (Å²) in [4.78, 5) is 14.0. The van der Waals surface area contributed by atoms with Crippen LogP contribution in [0.25, 0.3) is 0 Å². The van der Waals surface area contributed by atoms with Gasteiger partial charge in [0.25, 0.3) is 0 Å². The van der Waals surface area contributed by atoms with Crippen molar-refractivity contribution >= 4 is 5.97 Å². The molecule has 0 radical (unpaired) electrons. The number of carbonyl (C=O) groups is 1. The predicted molar refractivity (Wildman–Crippen MR) is 74.1 cm³/mol. The van der Waals surface area contributed by atoms with Gasteiger partial charge < -0.3 is 10.0 Å². The van der Waals surface area contributed by atoms with E-state index in [1.165, 1.54) is 32.4 Å². The third-order valence-electron chi connectivity index (χ3n) is 5.30. The zero-order valence-corrected chi connectivity index (χ0v) is 11.9. The number of nitrogens with one attached hydrogen (secondary N) is 1. The highest BCUT2D eigenvalue weighted by Gasteiger charge is 2.40. The van der Waals surface area contributed by atoms with Gasteiger partial charge >= 0.3 is 5.97 Å². The first-order valence-electron chi connectivity index (χ1n) is 7.80. The lowest BCUT2D eigenvalue weighted by atomic mass is 9.97. The summed E-state index contributed by atoms with van der Waals surface area (Å²) in [5.74, 6) is 1.10. The Morgan fingerprint density at radius 3 is 2.42 bits per heavy atom. The van der Waals surface area contributed by atoms with Crippen molar-refractivity contribution in [3.8, 4) is 0 Å². The zero-order chi connectivity index (χ0) is 13.5. The first-order valence-corrected chi connectivity index (χ1v) is 7.80. The molecule has 0 aromatic rings. The van der Waals surface area contributed by atoms with Crippen molar-refractivity contribution < 1.29 is 9.90 Å². The average Bonchev–Trinajstić information content (AvgIpc) is 2.90. The van der Waals surface area contributed by atoms with E-state index < -0.39 is 11.5 Å². The topological polar surface area (TPSA) is 52.6 Å². The number of likely N-dealkylation sites (tertiary alicyclic amines) is 1. The Bertz CT molecular complexity index is 344. The molecule has 4 nitrogen and oxygen atoms in total. The summed E-state index contributed by atoms with van der Waals surface area (Å²) in [5, 5.41) is 12.8. The van der Waals surface area contributed by atoms with Crippen LogP contribution < -0.4 is 5.32 Å². The van der Waals surface area contributed by atoms with Gasteiger partial charge in [0, 0.05) is 25.7 Å². The van der Waals surface area contributed by atoms with Crippen LogP contribution >= 0.6 is 0 Å². The predicted octanol–water partition coefficient (Wildman–Crippen LogP) is 1.70. The molecule has 1 aliphatic heterocycles. The van der Waals surface area contributed by atoms with Crippen LogP contribution in [0.1, 0.15) is 45.4 Å². The Kier molecular flexibility index (Phi) is 3.56. The average molecular weight is 266 g/mol. The Morgan fingerprint density at radius 1 is 1.26 bits per heavy atom. The van der Waals surface area contributed by atoms with Crippen molar-refractivity contribution in [1.82, 2.24) is 10.2 Å². The van der Waals surface area contributed by atoms with Gasteiger partial charge in [0.05, 0.1) is 0 Å². The minimum atomic E-state index is -0.737. The maximum atomic E-state index is 11.5. The largest absolute Gasteiger partial charge is 0.480 e. The van der Waals surface area contributed by atoms with Crippen LogP contribution in [0.3, 0.4) is 0 Å². The van der Waals surface area contributed by atoms with Crippen molar-refractivity contribution in [2.75, 3.05) is 19.6 Å². The number of carboxylic acids is 1. The summed E-state index contributed by atoms with van der Waals surface area (Å²) >= 11 is 0. The van der Waals surface area contributed by atoms with Crippen molar-refractivity contribution in [1.29, 1.82) is 0 Å². The van der Waals surface area contributed by atoms with Crippen LogP contribution in [0.15, 0.2) is 0 Å². The van der Waals surface area contributed by atoms with E-state index in [9.17, 15) is 9.90 Å². The molecule has 3 rings (SSSR count). The Morgan fingerprint density at radius 2 is 1.89 bits per heavy atom. The zero-order valence-electron chi connectivity index (χ0n) is 11.9. The number of rotatable bonds is 6. The maximum absolute atomic E-state index is 11.5. The fourth-order valence-electron chi connectivity index (χ4n) is 3.82. The third-order valence-corrected chi connectivity index (χ3v) is 5.30. The highest BCUT2D eigenvalue weighted by atomic mass is 16.4. The molecule has 3 unspecified atom stereocenters. The van der Waals surface area contributed by atoms with Crippen LogP contribution in [0, 0.1) is 11.8 Å². The first kappa shape index (κ1) is 13.4. The number of carboxylic acid groups (broad SMARTS) is 1. The van der Waals surface area contributed by atoms with Crippen LogP contribution in [-0.4, -0.2) is 47.2 Å². The molecule has 2 saturated carbocycles. The second kappa shape index (κ2) is 5.06. The summed E-state index contributed by atoms with van der Waals surface area (Å²) in [7, 11) is 0. The fourth-order valence-corrected chi connectivity index (χ4v) is 3.82. The van der Waals surface area contributed by atoms with E-state index in [0.717, 1.165) is 37.6 Å². The molecule has 108 valence electrons. The Balaban J connectivity index is 1.50. The summed E-state index contributed by atoms with van der Waals surface area (Å²) in [6.45, 7) is 5.17. The molecule has 1 heterocycles. The second-order valence-corrected chi connectivity index (χ2v) is 7.02. The highest BCUT2D eigenvalue weighted by Crippen LogP contribution is 2.38. The lowest BCUT2D eigenvalue weighted by Crippen LogP contribution is -2.52. The molecular formula is C15H26N2O2. The van der Waals surface area contributed by atoms with E-state index in [4.69, 9.17) is 0 Å². The minimum absolute atomic E-state index is 0.444. The fraction of sp³-hybridized carbons (Fsp3) is 0.933. The molecule has 3 aliphatic rings. The summed E-state index contributed by atoms with van der Waals surface area (Å²) in [6.07, 6.45) is 7.17. The van der Waals surface area contributed by atoms with Crippen LogP contribution in [0.2, 0.25) is 0 Å². The molecule has 4 heteroatoms. The summed E-state index contributed by atoms with van der Waals surface area (Å²) < 4.78 is 0. The number of nitrogens with zero attached hydrogens (tertiary/aromatic N) is 1. The molecule has 0 bridgehead atoms. The first-order chi connectivity index (χ1) is 9.07. The normalized spacial score (nSPS) is 34.2. The number of hydrogen-bond acceptors (Lipinski definition) is 3. The van der Waals surface area contributed by atoms with Gasteiger partial charge in [-0.25, -0.2) is 0 Å². The number of fused-ring (bicyclic) bond motifs is 1. The third kappa shape index (κ3) is 2.95. The van der Waals surface area contributed by atoms with E-state index in [2.05, 4.69) is 10.2 Å². The van der Waals surface area contributed by atoms with Gasteiger partial charge in [0.2, 0.25) is 0 Å². The molecule has 1 saturated heterocycles. The van der Waals surface area contributed by atoms with Gasteiger partial charge in [-0.3, -0.25) is 10.1 Å². The van der Waals surface area contributed by atoms with E-state index >= 15 is 0 Å². The monoisotopic (exact) mass is 266 g/mol. The maximum Gasteiger partial charge on any atom is 0.323 e. The van der Waals surface area contributed by atoms with E-state index in [-0.39, 0.29) is 0 Å². The smallest absolute Gasteiger partial charge is 0.323 e. The quantitative estimate of drug-likeness (QED) is 0.768. The van der Waals surface area contributed by atoms with Crippen LogP contribution in [0.4, 0.5) is 0 Å². The Hall–Kier alpha value is -0.610. The molecule has 0 spiro atoms. The Labute approximate surface area is 115 Å². The van der Waals surface area contributed by atoms with Crippen molar-refractivity contribution in [2.24, 2.45) is 11.8 Å². The van der Waals surface area contributed by atoms with Crippen molar-refractivity contribution in [3.63, 3.8) is 0 Å². The molecule has 0 amide bonds. The van der Waals surface area contributed by atoms with Gasteiger partial charge in [-0.05, 0) is 50.9 Å². The molecule has 2 aliphatic carbocycles. The van der Waals surface area contributed by atoms with Gasteiger partial charge in [-0.2, -0.15) is 0 Å². The lowest BCUT2D eigenvalue weighted by molar-refractivity contribution is -0.144. The molecule has 0 aromatic heterocycles. The van der Waals surface area contributed by atoms with Crippen LogP contribution in [-0.2, 0) is 4.79 Å². The van der Waals surface area contributed by atoms with Gasteiger partial charge in [0.15, 0.2) is 0 Å². The van der Waals surface area contributed by atoms with E-state index in [0.29, 0.717) is 6.04 Å². The molecule has 3 fully saturated rings. The SMILES string of the molecule is CC(CCN1CC2CCCC2C1)(NC1CC1)C(=O)O. The minimum Gasteiger partial charge on any atom is -0.480 e. The van der Waals surface area contributed by atoms with Gasteiger partial charge in [-0.1, -0.05) is 6.42 Å². The molecule has 0 aromatic carbocycles. The molecule has 2 N–H and O–H groups in total. The van der Waals surface area contributed by atoms with E-state index in [1.807, 2.05) is 6.92 Å². The summed E-state index contributed by atoms with van der Waals surface area (Å²) in [5.41, 5.74) is -0.737. The second-order valence-electron chi connectivity index (χ2n) is 7.02. The van der Waals surface area contributed by atoms with Gasteiger partial charge in [-0.15, -0.1) is 0 Å². The van der Waals surface area contributed by atoms with Crippen molar-refractivity contribution in [3.05, 3.63) is 0 Å². The standard InChI is InChI=1S/C15H26N2O2/c1-15(14(18)19,16-13-5-6-13)7-8-17-9-11-3-2-4-12(11)10-17/h11-13,16H,2-10H2,1H3,(H,18,19). The number of hydrogen-bond donors (Lipinski definition) is 2. The van der Waals surface area contributed by atoms with Crippen LogP contribution in [0.5, 0.6) is 0 Å². The molecule has 3 atom stereocenters. The number of aliphatic carboxylic acids is 1. The van der Waals surface area contributed by atoms with Gasteiger partial charge in [0.1, 0.15) is 5.54 Å². The highest BCUT2D eigenvalue weighted by molar-refractivity contribution is 5.78. The molecule has 19 heavy (non-hydrogen) atoms. The molecular weight excluding hydrogens is 240 g/mol. The van der Waals surface area contributed by atoms with E-state index in [1.54, 1.807) is 0 Å².